The quantitative estimate of drug-likeness (QED) is 0.131. The molecule has 2 aliphatic carbocycles. The summed E-state index contributed by atoms with van der Waals surface area (Å²) < 4.78 is 33.3. The number of halogens is 2. The lowest BCUT2D eigenvalue weighted by atomic mass is 10.1. The fourth-order valence-electron chi connectivity index (χ4n) is 7.82. The van der Waals surface area contributed by atoms with Crippen LogP contribution in [-0.2, 0) is 28.5 Å². The standard InChI is InChI=1S/C16H18ClN3O2.C15H16ClN3O3.C4H8O/c1-4-9-7-11(13-12(9)21-16(2,3)22-13)20-6-5-10-14(17)18-8-19-15(10)20;1-15(2)21-11-8(6-20)5-10(12(11)22-15)19-4-3-9-13(16)17-7-18-14(9)19;1-2-4-5-3-1/h4-6,8-9,11-13H,1,7H2,2-3H3;3-4,6-8,10-12H,5H2,1-2H3;1-4H2/t9-,11+,12+,13-;8-,10-,11-,12+;/m01./s1. The molecule has 49 heavy (non-hydrogen) atoms. The van der Waals surface area contributed by atoms with Gasteiger partial charge >= 0.3 is 0 Å². The number of ether oxygens (including phenoxy) is 5. The highest BCUT2D eigenvalue weighted by Crippen LogP contribution is 2.49. The summed E-state index contributed by atoms with van der Waals surface area (Å²) in [5.74, 6) is -1.14. The van der Waals surface area contributed by atoms with Crippen LogP contribution in [0.2, 0.25) is 10.3 Å². The number of hydrogen-bond acceptors (Lipinski definition) is 10. The molecule has 0 aromatic carbocycles. The van der Waals surface area contributed by atoms with Crippen molar-refractivity contribution in [1.82, 2.24) is 29.1 Å². The van der Waals surface area contributed by atoms with Gasteiger partial charge in [-0.05, 0) is 65.5 Å². The first kappa shape index (κ1) is 34.5. The Morgan fingerprint density at radius 3 is 1.61 bits per heavy atom. The number of rotatable bonds is 4. The average Bonchev–Trinajstić information content (AvgIpc) is 3.91. The molecule has 12 nitrogen and oxygen atoms in total. The van der Waals surface area contributed by atoms with Crippen molar-refractivity contribution in [1.29, 1.82) is 0 Å². The van der Waals surface area contributed by atoms with Crippen molar-refractivity contribution in [2.75, 3.05) is 13.2 Å². The van der Waals surface area contributed by atoms with Gasteiger partial charge in [-0.1, -0.05) is 29.3 Å². The first-order valence-corrected chi connectivity index (χ1v) is 17.6. The van der Waals surface area contributed by atoms with Crippen molar-refractivity contribution in [2.45, 2.75) is 101 Å². The molecule has 0 bridgehead atoms. The summed E-state index contributed by atoms with van der Waals surface area (Å²) in [7, 11) is 0. The minimum atomic E-state index is -0.676. The van der Waals surface area contributed by atoms with E-state index in [1.165, 1.54) is 25.5 Å². The number of aldehydes is 1. The highest BCUT2D eigenvalue weighted by atomic mass is 35.5. The van der Waals surface area contributed by atoms with Gasteiger partial charge in [-0.15, -0.1) is 6.58 Å². The molecule has 262 valence electrons. The molecule has 0 spiro atoms. The third-order valence-electron chi connectivity index (χ3n) is 9.90. The molecule has 9 rings (SSSR count). The molecule has 14 heteroatoms. The first-order valence-electron chi connectivity index (χ1n) is 16.8. The van der Waals surface area contributed by atoms with E-state index in [9.17, 15) is 4.79 Å². The fourth-order valence-corrected chi connectivity index (χ4v) is 8.20. The van der Waals surface area contributed by atoms with E-state index in [0.717, 1.165) is 48.0 Å². The largest absolute Gasteiger partial charge is 0.381 e. The van der Waals surface area contributed by atoms with Crippen LogP contribution in [0, 0.1) is 11.8 Å². The number of carbonyl (C=O) groups is 1. The Bertz CT molecular complexity index is 1690. The van der Waals surface area contributed by atoms with E-state index < -0.39 is 11.6 Å². The Hall–Kier alpha value is -2.97. The summed E-state index contributed by atoms with van der Waals surface area (Å²) in [6.07, 6.45) is 13.6. The number of nitrogens with zero attached hydrogens (tertiary/aromatic N) is 6. The lowest BCUT2D eigenvalue weighted by molar-refractivity contribution is -0.160. The van der Waals surface area contributed by atoms with Gasteiger partial charge in [0.15, 0.2) is 11.6 Å². The highest BCUT2D eigenvalue weighted by molar-refractivity contribution is 6.34. The number of hydrogen-bond donors (Lipinski definition) is 0. The van der Waals surface area contributed by atoms with E-state index in [1.54, 1.807) is 0 Å². The third kappa shape index (κ3) is 6.64. The Morgan fingerprint density at radius 1 is 0.735 bits per heavy atom. The van der Waals surface area contributed by atoms with Gasteiger partial charge in [0.25, 0.3) is 0 Å². The van der Waals surface area contributed by atoms with Crippen molar-refractivity contribution >= 4 is 51.6 Å². The van der Waals surface area contributed by atoms with E-state index in [1.807, 2.05) is 62.9 Å². The molecule has 0 radical (unpaired) electrons. The Labute approximate surface area is 295 Å². The van der Waals surface area contributed by atoms with Crippen molar-refractivity contribution in [2.24, 2.45) is 11.8 Å². The molecule has 3 saturated heterocycles. The molecule has 8 atom stereocenters. The second kappa shape index (κ2) is 13.6. The molecular weight excluding hydrogens is 671 g/mol. The second-order valence-corrected chi connectivity index (χ2v) is 14.7. The number of carbonyl (C=O) groups excluding carboxylic acids is 1. The Kier molecular flexibility index (Phi) is 9.59. The molecule has 0 amide bonds. The van der Waals surface area contributed by atoms with Crippen LogP contribution < -0.4 is 0 Å². The van der Waals surface area contributed by atoms with E-state index in [2.05, 4.69) is 31.1 Å². The van der Waals surface area contributed by atoms with Gasteiger partial charge in [0.1, 0.15) is 52.7 Å². The SMILES string of the molecule is C1CCOC1.C=C[C@H]1C[C@@H](n2ccc3c(Cl)ncnc32)[C@@H]2OC(C)(C)O[C@@H]21.CC1(C)O[C@@H]2[C@H](O1)[C@@H](C=O)C[C@H]2n1ccc2c(Cl)ncnc21. The summed E-state index contributed by atoms with van der Waals surface area (Å²) in [6, 6.07) is 3.99. The van der Waals surface area contributed by atoms with Gasteiger partial charge in [-0.25, -0.2) is 19.9 Å². The van der Waals surface area contributed by atoms with Gasteiger partial charge < -0.3 is 37.6 Å². The summed E-state index contributed by atoms with van der Waals surface area (Å²) in [4.78, 5) is 28.2. The van der Waals surface area contributed by atoms with Crippen molar-refractivity contribution in [3.8, 4) is 0 Å². The van der Waals surface area contributed by atoms with Crippen molar-refractivity contribution < 1.29 is 28.5 Å². The molecule has 5 fully saturated rings. The zero-order chi connectivity index (χ0) is 34.5. The first-order chi connectivity index (χ1) is 23.5. The number of aromatic nitrogens is 6. The lowest BCUT2D eigenvalue weighted by Crippen LogP contribution is -2.27. The summed E-state index contributed by atoms with van der Waals surface area (Å²) in [6.45, 7) is 13.6. The minimum absolute atomic E-state index is 0.00885. The van der Waals surface area contributed by atoms with Gasteiger partial charge in [0.2, 0.25) is 0 Å². The van der Waals surface area contributed by atoms with Gasteiger partial charge in [-0.3, -0.25) is 0 Å². The summed E-state index contributed by atoms with van der Waals surface area (Å²) in [5.41, 5.74) is 1.59. The molecular formula is C35H42Cl2N6O6. The normalized spacial score (nSPS) is 32.3. The second-order valence-electron chi connectivity index (χ2n) is 14.0. The zero-order valence-corrected chi connectivity index (χ0v) is 29.6. The molecule has 0 N–H and O–H groups in total. The molecule has 2 saturated carbocycles. The lowest BCUT2D eigenvalue weighted by Gasteiger charge is -2.24. The molecule has 4 aromatic rings. The predicted molar refractivity (Wildman–Crippen MR) is 183 cm³/mol. The molecule has 3 aliphatic heterocycles. The van der Waals surface area contributed by atoms with Crippen LogP contribution >= 0.6 is 23.2 Å². The van der Waals surface area contributed by atoms with Gasteiger partial charge in [0, 0.05) is 37.4 Å². The summed E-state index contributed by atoms with van der Waals surface area (Å²) >= 11 is 12.3. The van der Waals surface area contributed by atoms with Gasteiger partial charge in [-0.2, -0.15) is 0 Å². The van der Waals surface area contributed by atoms with Crippen LogP contribution in [0.5, 0.6) is 0 Å². The molecule has 4 aromatic heterocycles. The predicted octanol–water partition coefficient (Wildman–Crippen LogP) is 6.51. The van der Waals surface area contributed by atoms with Crippen LogP contribution in [0.4, 0.5) is 0 Å². The van der Waals surface area contributed by atoms with Crippen LogP contribution in [-0.4, -0.2) is 84.6 Å². The average molecular weight is 714 g/mol. The maximum Gasteiger partial charge on any atom is 0.163 e. The Morgan fingerprint density at radius 2 is 1.18 bits per heavy atom. The van der Waals surface area contributed by atoms with E-state index >= 15 is 0 Å². The van der Waals surface area contributed by atoms with Crippen LogP contribution in [0.15, 0.2) is 49.8 Å². The molecule has 5 aliphatic rings. The smallest absolute Gasteiger partial charge is 0.163 e. The van der Waals surface area contributed by atoms with E-state index in [-0.39, 0.29) is 48.3 Å². The monoisotopic (exact) mass is 712 g/mol. The molecule has 7 heterocycles. The fraction of sp³-hybridized carbons (Fsp3) is 0.571. The summed E-state index contributed by atoms with van der Waals surface area (Å²) in [5, 5.41) is 2.56. The zero-order valence-electron chi connectivity index (χ0n) is 28.1. The number of fused-ring (bicyclic) bond motifs is 4. The third-order valence-corrected chi connectivity index (χ3v) is 10.5. The van der Waals surface area contributed by atoms with Crippen molar-refractivity contribution in [3.05, 3.63) is 60.1 Å². The van der Waals surface area contributed by atoms with Crippen molar-refractivity contribution in [3.63, 3.8) is 0 Å². The Balaban J connectivity index is 0.000000135. The minimum Gasteiger partial charge on any atom is -0.381 e. The maximum atomic E-state index is 11.4. The van der Waals surface area contributed by atoms with Gasteiger partial charge in [0.05, 0.1) is 35.1 Å². The highest BCUT2D eigenvalue weighted by Gasteiger charge is 2.55. The maximum absolute atomic E-state index is 11.4. The van der Waals surface area contributed by atoms with E-state index in [4.69, 9.17) is 46.9 Å². The van der Waals surface area contributed by atoms with Crippen LogP contribution in [0.3, 0.4) is 0 Å². The van der Waals surface area contributed by atoms with Crippen LogP contribution in [0.1, 0.15) is 65.5 Å². The molecule has 0 unspecified atom stereocenters. The van der Waals surface area contributed by atoms with E-state index in [0.29, 0.717) is 16.7 Å². The topological polar surface area (TPSA) is 125 Å². The van der Waals surface area contributed by atoms with Crippen LogP contribution in [0.25, 0.3) is 22.1 Å².